The molecular weight excluding hydrogens is 374 g/mol. The van der Waals surface area contributed by atoms with Crippen LogP contribution in [0.3, 0.4) is 0 Å². The molecule has 4 rings (SSSR count). The summed E-state index contributed by atoms with van der Waals surface area (Å²) in [5, 5.41) is 8.23. The van der Waals surface area contributed by atoms with E-state index in [4.69, 9.17) is 9.72 Å². The van der Waals surface area contributed by atoms with E-state index in [1.165, 1.54) is 16.7 Å². The van der Waals surface area contributed by atoms with Crippen molar-refractivity contribution in [2.75, 3.05) is 12.4 Å². The van der Waals surface area contributed by atoms with E-state index in [1.54, 1.807) is 7.05 Å². The van der Waals surface area contributed by atoms with Gasteiger partial charge in [-0.1, -0.05) is 24.3 Å². The number of aryl methyl sites for hydroxylation is 3. The standard InChI is InChI=1S/C25H25N3O2/c1-15-5-10-20-22(11-15)28-23-13-17(3)16(2)12-21(23)24(20)27-19-8-6-18(7-9-19)14-30-25(29)26-4/h5-13H,14H2,1-4H3,(H,26,29)(H,27,28). The topological polar surface area (TPSA) is 63.2 Å². The minimum Gasteiger partial charge on any atom is -0.445 e. The van der Waals surface area contributed by atoms with Crippen molar-refractivity contribution < 1.29 is 9.53 Å². The molecule has 0 spiro atoms. The van der Waals surface area contributed by atoms with Gasteiger partial charge < -0.3 is 15.4 Å². The van der Waals surface area contributed by atoms with Gasteiger partial charge in [-0.25, -0.2) is 9.78 Å². The average molecular weight is 399 g/mol. The number of hydrogen-bond acceptors (Lipinski definition) is 4. The van der Waals surface area contributed by atoms with Crippen molar-refractivity contribution in [2.45, 2.75) is 27.4 Å². The molecule has 2 N–H and O–H groups in total. The summed E-state index contributed by atoms with van der Waals surface area (Å²) in [7, 11) is 1.55. The van der Waals surface area contributed by atoms with Crippen molar-refractivity contribution >= 4 is 39.3 Å². The normalized spacial score (nSPS) is 10.9. The minimum atomic E-state index is -0.437. The highest BCUT2D eigenvalue weighted by Gasteiger charge is 2.11. The average Bonchev–Trinajstić information content (AvgIpc) is 2.74. The van der Waals surface area contributed by atoms with E-state index in [0.717, 1.165) is 38.7 Å². The molecule has 3 aromatic carbocycles. The maximum Gasteiger partial charge on any atom is 0.407 e. The fourth-order valence-corrected chi connectivity index (χ4v) is 3.50. The third-order valence-electron chi connectivity index (χ3n) is 5.34. The van der Waals surface area contributed by atoms with Gasteiger partial charge >= 0.3 is 6.09 Å². The van der Waals surface area contributed by atoms with Crippen LogP contribution in [0.5, 0.6) is 0 Å². The summed E-state index contributed by atoms with van der Waals surface area (Å²) in [4.78, 5) is 16.2. The maximum atomic E-state index is 11.3. The molecule has 1 heterocycles. The lowest BCUT2D eigenvalue weighted by Gasteiger charge is -2.15. The molecule has 4 aromatic rings. The van der Waals surface area contributed by atoms with E-state index in [0.29, 0.717) is 0 Å². The zero-order valence-electron chi connectivity index (χ0n) is 17.7. The van der Waals surface area contributed by atoms with Crippen molar-refractivity contribution in [1.29, 1.82) is 0 Å². The Balaban J connectivity index is 1.75. The van der Waals surface area contributed by atoms with Gasteiger partial charge in [-0.2, -0.15) is 0 Å². The second-order valence-corrected chi connectivity index (χ2v) is 7.61. The Hall–Kier alpha value is -3.60. The van der Waals surface area contributed by atoms with Crippen LogP contribution in [-0.4, -0.2) is 18.1 Å². The third kappa shape index (κ3) is 3.92. The van der Waals surface area contributed by atoms with Crippen LogP contribution in [0.4, 0.5) is 16.2 Å². The molecule has 0 saturated heterocycles. The Morgan fingerprint density at radius 2 is 1.60 bits per heavy atom. The molecule has 5 nitrogen and oxygen atoms in total. The van der Waals surface area contributed by atoms with Gasteiger partial charge in [0.25, 0.3) is 0 Å². The number of aromatic nitrogens is 1. The Bertz CT molecular complexity index is 1250. The van der Waals surface area contributed by atoms with Gasteiger partial charge in [0.1, 0.15) is 6.61 Å². The van der Waals surface area contributed by atoms with Crippen molar-refractivity contribution in [3.63, 3.8) is 0 Å². The first kappa shape index (κ1) is 19.7. The highest BCUT2D eigenvalue weighted by Crippen LogP contribution is 2.35. The number of ether oxygens (including phenoxy) is 1. The molecule has 152 valence electrons. The van der Waals surface area contributed by atoms with Gasteiger partial charge in [0.05, 0.1) is 16.7 Å². The van der Waals surface area contributed by atoms with Gasteiger partial charge in [0.15, 0.2) is 0 Å². The molecule has 1 aromatic heterocycles. The van der Waals surface area contributed by atoms with Crippen LogP contribution < -0.4 is 10.6 Å². The van der Waals surface area contributed by atoms with Gasteiger partial charge in [0.2, 0.25) is 0 Å². The smallest absolute Gasteiger partial charge is 0.407 e. The second-order valence-electron chi connectivity index (χ2n) is 7.61. The zero-order chi connectivity index (χ0) is 21.3. The lowest BCUT2D eigenvalue weighted by atomic mass is 10.0. The fraction of sp³-hybridized carbons (Fsp3) is 0.200. The molecule has 0 atom stereocenters. The summed E-state index contributed by atoms with van der Waals surface area (Å²) < 4.78 is 5.11. The molecule has 1 amide bonds. The number of hydrogen-bond donors (Lipinski definition) is 2. The first-order valence-corrected chi connectivity index (χ1v) is 9.96. The Morgan fingerprint density at radius 1 is 0.900 bits per heavy atom. The van der Waals surface area contributed by atoms with Gasteiger partial charge in [0, 0.05) is 23.5 Å². The van der Waals surface area contributed by atoms with Crippen LogP contribution in [0, 0.1) is 20.8 Å². The number of carbonyl (C=O) groups excluding carboxylic acids is 1. The molecule has 0 saturated carbocycles. The number of benzene rings is 3. The number of pyridine rings is 1. The number of carbonyl (C=O) groups is 1. The van der Waals surface area contributed by atoms with Crippen LogP contribution in [0.15, 0.2) is 54.6 Å². The number of rotatable bonds is 4. The number of alkyl carbamates (subject to hydrolysis) is 1. The summed E-state index contributed by atoms with van der Waals surface area (Å²) in [6, 6.07) is 18.6. The lowest BCUT2D eigenvalue weighted by molar-refractivity contribution is 0.142. The highest BCUT2D eigenvalue weighted by atomic mass is 16.5. The molecule has 0 aliphatic carbocycles. The van der Waals surface area contributed by atoms with Gasteiger partial charge in [-0.15, -0.1) is 0 Å². The molecule has 30 heavy (non-hydrogen) atoms. The molecular formula is C25H25N3O2. The van der Waals surface area contributed by atoms with E-state index in [9.17, 15) is 4.79 Å². The summed E-state index contributed by atoms with van der Waals surface area (Å²) in [6.45, 7) is 6.56. The highest BCUT2D eigenvalue weighted by molar-refractivity contribution is 6.09. The molecule has 5 heteroatoms. The summed E-state index contributed by atoms with van der Waals surface area (Å²) in [6.07, 6.45) is -0.437. The van der Waals surface area contributed by atoms with E-state index >= 15 is 0 Å². The number of anilines is 2. The van der Waals surface area contributed by atoms with E-state index in [1.807, 2.05) is 24.3 Å². The molecule has 0 unspecified atom stereocenters. The number of nitrogens with one attached hydrogen (secondary N) is 2. The van der Waals surface area contributed by atoms with Crippen molar-refractivity contribution in [3.8, 4) is 0 Å². The zero-order valence-corrected chi connectivity index (χ0v) is 17.7. The number of nitrogens with zero attached hydrogens (tertiary/aromatic N) is 1. The largest absolute Gasteiger partial charge is 0.445 e. The monoisotopic (exact) mass is 399 g/mol. The second kappa shape index (κ2) is 8.03. The Morgan fingerprint density at radius 3 is 2.33 bits per heavy atom. The van der Waals surface area contributed by atoms with Crippen LogP contribution >= 0.6 is 0 Å². The predicted octanol–water partition coefficient (Wildman–Crippen LogP) is 5.91. The van der Waals surface area contributed by atoms with E-state index < -0.39 is 6.09 Å². The molecule has 0 fully saturated rings. The van der Waals surface area contributed by atoms with Crippen molar-refractivity contribution in [3.05, 3.63) is 76.9 Å². The van der Waals surface area contributed by atoms with Crippen LogP contribution in [0.25, 0.3) is 21.8 Å². The summed E-state index contributed by atoms with van der Waals surface area (Å²) in [5.74, 6) is 0. The molecule has 0 bridgehead atoms. The molecule has 0 aliphatic rings. The van der Waals surface area contributed by atoms with Crippen molar-refractivity contribution in [1.82, 2.24) is 10.3 Å². The third-order valence-corrected chi connectivity index (χ3v) is 5.34. The molecule has 0 radical (unpaired) electrons. The summed E-state index contributed by atoms with van der Waals surface area (Å²) in [5.41, 5.74) is 8.55. The van der Waals surface area contributed by atoms with Gasteiger partial charge in [-0.05, 0) is 73.4 Å². The maximum absolute atomic E-state index is 11.3. The Kier molecular flexibility index (Phi) is 5.27. The first-order valence-electron chi connectivity index (χ1n) is 9.96. The van der Waals surface area contributed by atoms with Crippen molar-refractivity contribution in [2.24, 2.45) is 0 Å². The van der Waals surface area contributed by atoms with Crippen LogP contribution in [0.2, 0.25) is 0 Å². The summed E-state index contributed by atoms with van der Waals surface area (Å²) >= 11 is 0. The first-order chi connectivity index (χ1) is 14.4. The van der Waals surface area contributed by atoms with Crippen LogP contribution in [0.1, 0.15) is 22.3 Å². The predicted molar refractivity (Wildman–Crippen MR) is 122 cm³/mol. The minimum absolute atomic E-state index is 0.235. The van der Waals surface area contributed by atoms with E-state index in [-0.39, 0.29) is 6.61 Å². The van der Waals surface area contributed by atoms with E-state index in [2.05, 4.69) is 61.7 Å². The van der Waals surface area contributed by atoms with Gasteiger partial charge in [-0.3, -0.25) is 0 Å². The number of amides is 1. The molecule has 0 aliphatic heterocycles. The number of fused-ring (bicyclic) bond motifs is 2. The Labute approximate surface area is 176 Å². The SMILES string of the molecule is CNC(=O)OCc1ccc(Nc2c3ccc(C)cc3nc3cc(C)c(C)cc23)cc1. The fourth-order valence-electron chi connectivity index (χ4n) is 3.50. The quantitative estimate of drug-likeness (QED) is 0.419. The van der Waals surface area contributed by atoms with Crippen LogP contribution in [-0.2, 0) is 11.3 Å². The lowest BCUT2D eigenvalue weighted by Crippen LogP contribution is -2.18.